The first-order chi connectivity index (χ1) is 13.8. The van der Waals surface area contributed by atoms with Gasteiger partial charge >= 0.3 is 6.18 Å². The van der Waals surface area contributed by atoms with Gasteiger partial charge in [0.1, 0.15) is 11.6 Å². The number of hydrogen-bond acceptors (Lipinski definition) is 3. The number of aromatic nitrogens is 1. The van der Waals surface area contributed by atoms with Gasteiger partial charge in [0.05, 0.1) is 10.6 Å². The van der Waals surface area contributed by atoms with E-state index in [1.807, 2.05) is 4.90 Å². The van der Waals surface area contributed by atoms with Crippen molar-refractivity contribution in [1.82, 2.24) is 15.6 Å². The van der Waals surface area contributed by atoms with Crippen LogP contribution in [0.15, 0.2) is 41.5 Å². The molecule has 1 aliphatic rings. The molecule has 1 fully saturated rings. The third-order valence-electron chi connectivity index (χ3n) is 4.61. The Morgan fingerprint density at radius 2 is 2.14 bits per heavy atom. The smallest absolute Gasteiger partial charge is 0.353 e. The molecule has 29 heavy (non-hydrogen) atoms. The van der Waals surface area contributed by atoms with E-state index in [1.54, 1.807) is 18.3 Å². The number of nitrogens with one attached hydrogen (secondary N) is 2. The van der Waals surface area contributed by atoms with E-state index in [0.29, 0.717) is 29.4 Å². The van der Waals surface area contributed by atoms with Crippen molar-refractivity contribution >= 4 is 23.4 Å². The minimum absolute atomic E-state index is 0.0228. The highest BCUT2D eigenvalue weighted by Gasteiger charge is 2.33. The van der Waals surface area contributed by atoms with Crippen molar-refractivity contribution in [2.75, 3.05) is 25.0 Å². The fraction of sp³-hybridized carbons (Fsp3) is 0.368. The molecule has 0 radical (unpaired) electrons. The third-order valence-corrected chi connectivity index (χ3v) is 4.91. The Bertz CT molecular complexity index is 887. The molecule has 1 aromatic heterocycles. The highest BCUT2D eigenvalue weighted by molar-refractivity contribution is 6.32. The summed E-state index contributed by atoms with van der Waals surface area (Å²) in [6.07, 6.45) is -2.18. The van der Waals surface area contributed by atoms with E-state index in [1.165, 1.54) is 7.05 Å². The molecule has 2 N–H and O–H groups in total. The first-order valence-electron chi connectivity index (χ1n) is 8.96. The molecular formula is C19H20ClF4N5. The highest BCUT2D eigenvalue weighted by atomic mass is 35.5. The van der Waals surface area contributed by atoms with Crippen molar-refractivity contribution in [2.45, 2.75) is 25.2 Å². The van der Waals surface area contributed by atoms with E-state index >= 15 is 0 Å². The second-order valence-electron chi connectivity index (χ2n) is 6.61. The van der Waals surface area contributed by atoms with E-state index < -0.39 is 17.6 Å². The molecule has 2 aromatic rings. The Morgan fingerprint density at radius 1 is 1.34 bits per heavy atom. The largest absolute Gasteiger partial charge is 0.416 e. The summed E-state index contributed by atoms with van der Waals surface area (Å²) in [5, 5.41) is 6.62. The molecular weight excluding hydrogens is 410 g/mol. The molecule has 1 aromatic carbocycles. The van der Waals surface area contributed by atoms with Crippen molar-refractivity contribution in [3.63, 3.8) is 0 Å². The van der Waals surface area contributed by atoms with E-state index in [4.69, 9.17) is 11.6 Å². The van der Waals surface area contributed by atoms with Crippen LogP contribution in [0.25, 0.3) is 0 Å². The van der Waals surface area contributed by atoms with Gasteiger partial charge in [0, 0.05) is 38.9 Å². The van der Waals surface area contributed by atoms with E-state index in [0.717, 1.165) is 25.1 Å². The second kappa shape index (κ2) is 8.86. The molecule has 0 saturated carbocycles. The molecule has 5 nitrogen and oxygen atoms in total. The van der Waals surface area contributed by atoms with Gasteiger partial charge < -0.3 is 15.5 Å². The van der Waals surface area contributed by atoms with Crippen LogP contribution in [-0.4, -0.2) is 37.1 Å². The summed E-state index contributed by atoms with van der Waals surface area (Å²) in [7, 11) is 1.53. The maximum atomic E-state index is 13.2. The lowest BCUT2D eigenvalue weighted by Crippen LogP contribution is -2.44. The molecule has 1 aliphatic heterocycles. The first kappa shape index (κ1) is 21.2. The molecule has 1 saturated heterocycles. The van der Waals surface area contributed by atoms with Gasteiger partial charge in [-0.25, -0.2) is 9.37 Å². The van der Waals surface area contributed by atoms with Crippen LogP contribution < -0.4 is 15.5 Å². The minimum atomic E-state index is -4.63. The Morgan fingerprint density at radius 3 is 2.83 bits per heavy atom. The summed E-state index contributed by atoms with van der Waals surface area (Å²) in [6.45, 7) is 1.22. The second-order valence-corrected chi connectivity index (χ2v) is 7.02. The summed E-state index contributed by atoms with van der Waals surface area (Å²) < 4.78 is 52.7. The van der Waals surface area contributed by atoms with Crippen LogP contribution in [0.3, 0.4) is 0 Å². The van der Waals surface area contributed by atoms with Crippen LogP contribution in [-0.2, 0) is 12.7 Å². The number of guanidine groups is 1. The summed E-state index contributed by atoms with van der Waals surface area (Å²) in [4.78, 5) is 10.4. The zero-order valence-electron chi connectivity index (χ0n) is 15.6. The number of rotatable bonds is 4. The molecule has 156 valence electrons. The van der Waals surface area contributed by atoms with Crippen molar-refractivity contribution in [3.05, 3.63) is 58.5 Å². The number of nitrogens with zero attached hydrogens (tertiary/aromatic N) is 3. The number of aliphatic imine (C=N–C) groups is 1. The third kappa shape index (κ3) is 5.29. The predicted molar refractivity (Wildman–Crippen MR) is 105 cm³/mol. The number of alkyl halides is 3. The SMILES string of the molecule is CN=C(NCc1ccc(F)cc1C(F)(F)F)NC1CCN(c2ncccc2Cl)C1. The van der Waals surface area contributed by atoms with Crippen molar-refractivity contribution in [3.8, 4) is 0 Å². The monoisotopic (exact) mass is 429 g/mol. The lowest BCUT2D eigenvalue weighted by molar-refractivity contribution is -0.138. The van der Waals surface area contributed by atoms with Gasteiger partial charge in [-0.05, 0) is 36.2 Å². The zero-order chi connectivity index (χ0) is 21.0. The zero-order valence-corrected chi connectivity index (χ0v) is 16.4. The molecule has 0 amide bonds. The minimum Gasteiger partial charge on any atom is -0.353 e. The summed E-state index contributed by atoms with van der Waals surface area (Å²) in [6, 6.07) is 6.18. The summed E-state index contributed by atoms with van der Waals surface area (Å²) >= 11 is 6.19. The van der Waals surface area contributed by atoms with Gasteiger partial charge in [0.15, 0.2) is 5.96 Å². The van der Waals surface area contributed by atoms with Crippen molar-refractivity contribution in [2.24, 2.45) is 4.99 Å². The normalized spacial score (nSPS) is 17.5. The lowest BCUT2D eigenvalue weighted by atomic mass is 10.1. The molecule has 0 bridgehead atoms. The predicted octanol–water partition coefficient (Wildman–Crippen LogP) is 3.84. The Balaban J connectivity index is 1.61. The van der Waals surface area contributed by atoms with E-state index in [9.17, 15) is 17.6 Å². The van der Waals surface area contributed by atoms with E-state index in [-0.39, 0.29) is 18.2 Å². The highest BCUT2D eigenvalue weighted by Crippen LogP contribution is 2.32. The van der Waals surface area contributed by atoms with Gasteiger partial charge in [-0.2, -0.15) is 13.2 Å². The number of halogens is 5. The number of anilines is 1. The summed E-state index contributed by atoms with van der Waals surface area (Å²) in [5.41, 5.74) is -1.06. The average Bonchev–Trinajstić information content (AvgIpc) is 3.13. The first-order valence-corrected chi connectivity index (χ1v) is 9.34. The van der Waals surface area contributed by atoms with Crippen LogP contribution in [0.5, 0.6) is 0 Å². The van der Waals surface area contributed by atoms with Crippen LogP contribution >= 0.6 is 11.6 Å². The number of hydrogen-bond donors (Lipinski definition) is 2. The van der Waals surface area contributed by atoms with Crippen LogP contribution in [0.1, 0.15) is 17.5 Å². The van der Waals surface area contributed by atoms with Gasteiger partial charge in [-0.1, -0.05) is 17.7 Å². The van der Waals surface area contributed by atoms with Crippen molar-refractivity contribution < 1.29 is 17.6 Å². The maximum absolute atomic E-state index is 13.2. The fourth-order valence-electron chi connectivity index (χ4n) is 3.21. The van der Waals surface area contributed by atoms with Gasteiger partial charge in [0.25, 0.3) is 0 Å². The van der Waals surface area contributed by atoms with Gasteiger partial charge in [-0.15, -0.1) is 0 Å². The Kier molecular flexibility index (Phi) is 6.46. The van der Waals surface area contributed by atoms with Crippen molar-refractivity contribution in [1.29, 1.82) is 0 Å². The maximum Gasteiger partial charge on any atom is 0.416 e. The average molecular weight is 430 g/mol. The molecule has 1 atom stereocenters. The molecule has 3 rings (SSSR count). The topological polar surface area (TPSA) is 52.6 Å². The van der Waals surface area contributed by atoms with E-state index in [2.05, 4.69) is 20.6 Å². The molecule has 1 unspecified atom stereocenters. The summed E-state index contributed by atoms with van der Waals surface area (Å²) in [5.74, 6) is 0.131. The lowest BCUT2D eigenvalue weighted by Gasteiger charge is -2.21. The molecule has 2 heterocycles. The molecule has 10 heteroatoms. The number of benzene rings is 1. The van der Waals surface area contributed by atoms with Gasteiger partial charge in [-0.3, -0.25) is 4.99 Å². The Hall–Kier alpha value is -2.55. The van der Waals surface area contributed by atoms with Crippen LogP contribution in [0.4, 0.5) is 23.4 Å². The Labute approximate surface area is 170 Å². The standard InChI is InChI=1S/C19H20ClF4N5/c1-25-18(27-10-12-4-5-13(21)9-15(12)19(22,23)24)28-14-6-8-29(11-14)17-16(20)3-2-7-26-17/h2-5,7,9,14H,6,8,10-11H2,1H3,(H2,25,27,28). The van der Waals surface area contributed by atoms with Crippen LogP contribution in [0.2, 0.25) is 5.02 Å². The van der Waals surface area contributed by atoms with Crippen LogP contribution in [0, 0.1) is 5.82 Å². The molecule has 0 aliphatic carbocycles. The molecule has 0 spiro atoms. The van der Waals surface area contributed by atoms with Gasteiger partial charge in [0.2, 0.25) is 0 Å². The fourth-order valence-corrected chi connectivity index (χ4v) is 3.46. The number of pyridine rings is 1. The quantitative estimate of drug-likeness (QED) is 0.440.